The van der Waals surface area contributed by atoms with Crippen molar-refractivity contribution in [2.75, 3.05) is 11.9 Å². The lowest BCUT2D eigenvalue weighted by atomic mass is 10.2. The predicted molar refractivity (Wildman–Crippen MR) is 86.0 cm³/mol. The molecule has 1 aromatic rings. The van der Waals surface area contributed by atoms with Gasteiger partial charge in [-0.25, -0.2) is 4.79 Å². The number of hydrogen-bond donors (Lipinski definition) is 1. The minimum absolute atomic E-state index is 0.0607. The van der Waals surface area contributed by atoms with E-state index in [-0.39, 0.29) is 11.3 Å². The second-order valence-electron chi connectivity index (χ2n) is 6.40. The molecule has 1 aromatic carbocycles. The summed E-state index contributed by atoms with van der Waals surface area (Å²) in [6.45, 7) is 6.48. The fraction of sp³-hybridized carbons (Fsp3) is 0.500. The molecule has 0 radical (unpaired) electrons. The number of alkyl halides is 1. The number of rotatable bonds is 3. The van der Waals surface area contributed by atoms with Crippen LogP contribution in [0.5, 0.6) is 0 Å². The highest BCUT2D eigenvalue weighted by Gasteiger charge is 2.27. The number of nitrogens with zero attached hydrogens (tertiary/aromatic N) is 1. The molecule has 0 aliphatic carbocycles. The Morgan fingerprint density at radius 2 is 2.18 bits per heavy atom. The molecule has 1 N–H and O–H groups in total. The molecule has 0 bridgehead atoms. The zero-order valence-electron chi connectivity index (χ0n) is 13.1. The monoisotopic (exact) mass is 324 g/mol. The van der Waals surface area contributed by atoms with Gasteiger partial charge in [-0.05, 0) is 38.5 Å². The van der Waals surface area contributed by atoms with E-state index in [9.17, 15) is 9.59 Å². The molecule has 0 spiro atoms. The van der Waals surface area contributed by atoms with Gasteiger partial charge in [-0.1, -0.05) is 12.1 Å². The van der Waals surface area contributed by atoms with E-state index in [1.807, 2.05) is 39.0 Å². The number of likely N-dealkylation sites (tertiary alicyclic amines) is 1. The van der Waals surface area contributed by atoms with Crippen LogP contribution in [0.25, 0.3) is 0 Å². The summed E-state index contributed by atoms with van der Waals surface area (Å²) in [6, 6.07) is 7.36. The van der Waals surface area contributed by atoms with Gasteiger partial charge in [0.2, 0.25) is 5.91 Å². The molecule has 2 amide bonds. The van der Waals surface area contributed by atoms with Gasteiger partial charge in [0.05, 0.1) is 5.38 Å². The molecular weight excluding hydrogens is 304 g/mol. The zero-order valence-corrected chi connectivity index (χ0v) is 13.8. The standard InChI is InChI=1S/C16H21ClN2O3/c1-16(2,3)22-15(21)18-13-6-4-5-11(7-13)9-19-10-12(17)8-14(19)20/h4-7,12H,8-10H2,1-3H3,(H,18,21). The average Bonchev–Trinajstić information content (AvgIpc) is 2.65. The Morgan fingerprint density at radius 1 is 1.45 bits per heavy atom. The van der Waals surface area contributed by atoms with E-state index in [4.69, 9.17) is 16.3 Å². The van der Waals surface area contributed by atoms with Crippen LogP contribution in [0.15, 0.2) is 24.3 Å². The normalized spacial score (nSPS) is 18.5. The molecule has 1 atom stereocenters. The lowest BCUT2D eigenvalue weighted by molar-refractivity contribution is -0.128. The molecule has 1 unspecified atom stereocenters. The van der Waals surface area contributed by atoms with Crippen molar-refractivity contribution in [2.45, 2.75) is 44.7 Å². The predicted octanol–water partition coefficient (Wildman–Crippen LogP) is 3.37. The molecule has 1 saturated heterocycles. The van der Waals surface area contributed by atoms with Gasteiger partial charge in [-0.15, -0.1) is 11.6 Å². The van der Waals surface area contributed by atoms with Crippen molar-refractivity contribution in [2.24, 2.45) is 0 Å². The lowest BCUT2D eigenvalue weighted by Crippen LogP contribution is -2.27. The molecule has 1 heterocycles. The molecule has 0 aromatic heterocycles. The number of nitrogens with one attached hydrogen (secondary N) is 1. The van der Waals surface area contributed by atoms with Gasteiger partial charge in [0.15, 0.2) is 0 Å². The third-order valence-corrected chi connectivity index (χ3v) is 3.41. The molecule has 22 heavy (non-hydrogen) atoms. The highest BCUT2D eigenvalue weighted by Crippen LogP contribution is 2.20. The number of amides is 2. The minimum Gasteiger partial charge on any atom is -0.444 e. The van der Waals surface area contributed by atoms with Crippen LogP contribution >= 0.6 is 11.6 Å². The van der Waals surface area contributed by atoms with Crippen molar-refractivity contribution in [3.8, 4) is 0 Å². The van der Waals surface area contributed by atoms with Crippen molar-refractivity contribution in [3.05, 3.63) is 29.8 Å². The Labute approximate surface area is 135 Å². The van der Waals surface area contributed by atoms with Crippen molar-refractivity contribution in [1.82, 2.24) is 4.90 Å². The second kappa shape index (κ2) is 6.57. The number of ether oxygens (including phenoxy) is 1. The fourth-order valence-electron chi connectivity index (χ4n) is 2.27. The molecule has 120 valence electrons. The van der Waals surface area contributed by atoms with Gasteiger partial charge in [-0.2, -0.15) is 0 Å². The number of hydrogen-bond acceptors (Lipinski definition) is 3. The van der Waals surface area contributed by atoms with Crippen molar-refractivity contribution in [1.29, 1.82) is 0 Å². The van der Waals surface area contributed by atoms with Gasteiger partial charge in [0.1, 0.15) is 5.60 Å². The van der Waals surface area contributed by atoms with Crippen molar-refractivity contribution >= 4 is 29.3 Å². The van der Waals surface area contributed by atoms with Gasteiger partial charge in [-0.3, -0.25) is 10.1 Å². The molecule has 1 fully saturated rings. The molecule has 1 aliphatic heterocycles. The van der Waals surface area contributed by atoms with Gasteiger partial charge < -0.3 is 9.64 Å². The number of benzene rings is 1. The Balaban J connectivity index is 1.98. The van der Waals surface area contributed by atoms with Crippen molar-refractivity contribution < 1.29 is 14.3 Å². The first kappa shape index (κ1) is 16.6. The van der Waals surface area contributed by atoms with E-state index in [0.717, 1.165) is 5.56 Å². The van der Waals surface area contributed by atoms with Crippen LogP contribution in [0.4, 0.5) is 10.5 Å². The van der Waals surface area contributed by atoms with Gasteiger partial charge in [0, 0.05) is 25.2 Å². The largest absolute Gasteiger partial charge is 0.444 e. The molecule has 6 heteroatoms. The Kier molecular flexibility index (Phi) is 4.96. The summed E-state index contributed by atoms with van der Waals surface area (Å²) < 4.78 is 5.21. The van der Waals surface area contributed by atoms with Crippen LogP contribution in [0.2, 0.25) is 0 Å². The van der Waals surface area contributed by atoms with Crippen molar-refractivity contribution in [3.63, 3.8) is 0 Å². The topological polar surface area (TPSA) is 58.6 Å². The molecule has 0 saturated carbocycles. The third-order valence-electron chi connectivity index (χ3n) is 3.11. The quantitative estimate of drug-likeness (QED) is 0.867. The van der Waals surface area contributed by atoms with Gasteiger partial charge in [0.25, 0.3) is 0 Å². The first-order valence-electron chi connectivity index (χ1n) is 7.24. The molecule has 1 aliphatic rings. The fourth-order valence-corrected chi connectivity index (χ4v) is 2.56. The molecule has 5 nitrogen and oxygen atoms in total. The minimum atomic E-state index is -0.543. The number of anilines is 1. The first-order chi connectivity index (χ1) is 10.2. The van der Waals surface area contributed by atoms with E-state index in [0.29, 0.717) is 25.2 Å². The average molecular weight is 325 g/mol. The second-order valence-corrected chi connectivity index (χ2v) is 7.02. The van der Waals surface area contributed by atoms with E-state index in [1.54, 1.807) is 11.0 Å². The summed E-state index contributed by atoms with van der Waals surface area (Å²) in [4.78, 5) is 25.3. The summed E-state index contributed by atoms with van der Waals surface area (Å²) in [5.74, 6) is 0.0607. The zero-order chi connectivity index (χ0) is 16.3. The van der Waals surface area contributed by atoms with E-state index < -0.39 is 11.7 Å². The highest BCUT2D eigenvalue weighted by atomic mass is 35.5. The van der Waals surface area contributed by atoms with E-state index in [2.05, 4.69) is 5.32 Å². The lowest BCUT2D eigenvalue weighted by Gasteiger charge is -2.20. The third kappa shape index (κ3) is 4.91. The molecule has 2 rings (SSSR count). The summed E-state index contributed by atoms with van der Waals surface area (Å²) in [7, 11) is 0. The van der Waals surface area contributed by atoms with Crippen LogP contribution in [0.1, 0.15) is 32.8 Å². The Bertz CT molecular complexity index is 569. The summed E-state index contributed by atoms with van der Waals surface area (Å²) in [5.41, 5.74) is 1.03. The smallest absolute Gasteiger partial charge is 0.412 e. The SMILES string of the molecule is CC(C)(C)OC(=O)Nc1cccc(CN2CC(Cl)CC2=O)c1. The maximum Gasteiger partial charge on any atom is 0.412 e. The Morgan fingerprint density at radius 3 is 2.77 bits per heavy atom. The van der Waals surface area contributed by atoms with Crippen LogP contribution in [0.3, 0.4) is 0 Å². The first-order valence-corrected chi connectivity index (χ1v) is 7.67. The number of carbonyl (C=O) groups excluding carboxylic acids is 2. The maximum atomic E-state index is 11.8. The number of halogens is 1. The Hall–Kier alpha value is -1.75. The van der Waals surface area contributed by atoms with Crippen LogP contribution in [-0.4, -0.2) is 34.4 Å². The van der Waals surface area contributed by atoms with Gasteiger partial charge >= 0.3 is 6.09 Å². The summed E-state index contributed by atoms with van der Waals surface area (Å²) in [5, 5.41) is 2.58. The van der Waals surface area contributed by atoms with Crippen LogP contribution in [0, 0.1) is 0 Å². The van der Waals surface area contributed by atoms with Crippen LogP contribution < -0.4 is 5.32 Å². The van der Waals surface area contributed by atoms with E-state index in [1.165, 1.54) is 0 Å². The summed E-state index contributed by atoms with van der Waals surface area (Å²) >= 11 is 5.99. The molecular formula is C16H21ClN2O3. The maximum absolute atomic E-state index is 11.8. The number of carbonyl (C=O) groups is 2. The van der Waals surface area contributed by atoms with Crippen LogP contribution in [-0.2, 0) is 16.1 Å². The van der Waals surface area contributed by atoms with E-state index >= 15 is 0 Å². The highest BCUT2D eigenvalue weighted by molar-refractivity contribution is 6.22. The summed E-state index contributed by atoms with van der Waals surface area (Å²) in [6.07, 6.45) is -0.111.